The molecule has 0 saturated carbocycles. The van der Waals surface area contributed by atoms with Gasteiger partial charge in [-0.1, -0.05) is 38.1 Å². The Bertz CT molecular complexity index is 845. The molecule has 5 nitrogen and oxygen atoms in total. The number of anilines is 2. The second kappa shape index (κ2) is 7.05. The van der Waals surface area contributed by atoms with Gasteiger partial charge in [-0.15, -0.1) is 0 Å². The second-order valence-electron chi connectivity index (χ2n) is 5.98. The highest BCUT2D eigenvalue weighted by Gasteiger charge is 2.15. The first-order chi connectivity index (χ1) is 11.2. The molecule has 0 aliphatic heterocycles. The van der Waals surface area contributed by atoms with Gasteiger partial charge in [0.1, 0.15) is 0 Å². The number of nitrogens with zero attached hydrogens (tertiary/aromatic N) is 1. The lowest BCUT2D eigenvalue weighted by atomic mass is 10.0. The molecule has 2 aromatic carbocycles. The van der Waals surface area contributed by atoms with Gasteiger partial charge in [0, 0.05) is 18.3 Å². The number of rotatable bonds is 5. The van der Waals surface area contributed by atoms with Crippen LogP contribution in [0, 0.1) is 0 Å². The molecule has 0 aliphatic carbocycles. The first-order valence-corrected chi connectivity index (χ1v) is 9.49. The van der Waals surface area contributed by atoms with Crippen molar-refractivity contribution in [1.29, 1.82) is 0 Å². The Morgan fingerprint density at radius 1 is 1.08 bits per heavy atom. The van der Waals surface area contributed by atoms with Crippen molar-refractivity contribution in [2.75, 3.05) is 22.9 Å². The van der Waals surface area contributed by atoms with Crippen LogP contribution < -0.4 is 9.62 Å². The molecule has 0 saturated heterocycles. The van der Waals surface area contributed by atoms with Gasteiger partial charge in [-0.05, 0) is 35.7 Å². The highest BCUT2D eigenvalue weighted by Crippen LogP contribution is 2.25. The zero-order chi connectivity index (χ0) is 17.9. The Morgan fingerprint density at radius 3 is 2.38 bits per heavy atom. The minimum Gasteiger partial charge on any atom is -0.322 e. The molecule has 0 aromatic heterocycles. The summed E-state index contributed by atoms with van der Waals surface area (Å²) in [5.74, 6) is 0.0102. The summed E-state index contributed by atoms with van der Waals surface area (Å²) in [5.41, 5.74) is 2.67. The van der Waals surface area contributed by atoms with Crippen LogP contribution in [0.25, 0.3) is 0 Å². The van der Waals surface area contributed by atoms with E-state index in [1.54, 1.807) is 24.3 Å². The van der Waals surface area contributed by atoms with Crippen molar-refractivity contribution >= 4 is 27.3 Å². The lowest BCUT2D eigenvalue weighted by Gasteiger charge is -2.18. The van der Waals surface area contributed by atoms with Crippen molar-refractivity contribution in [3.8, 4) is 0 Å². The average molecular weight is 346 g/mol. The predicted octanol–water partition coefficient (Wildman–Crippen LogP) is 3.46. The van der Waals surface area contributed by atoms with Crippen LogP contribution >= 0.6 is 0 Å². The number of sulfonamides is 1. The molecule has 1 N–H and O–H groups in total. The number of amides is 1. The van der Waals surface area contributed by atoms with Crippen LogP contribution in [-0.2, 0) is 10.0 Å². The van der Waals surface area contributed by atoms with Gasteiger partial charge >= 0.3 is 0 Å². The maximum absolute atomic E-state index is 12.5. The lowest BCUT2D eigenvalue weighted by Crippen LogP contribution is -2.25. The molecule has 2 aromatic rings. The standard InChI is InChI=1S/C18H22N2O3S/c1-13(2)16-10-5-6-11-17(16)19-18(21)14-8-7-9-15(12-14)20(3)24(4,22)23/h5-13H,1-4H3,(H,19,21). The molecule has 0 bridgehead atoms. The molecular formula is C18H22N2O3S. The van der Waals surface area contributed by atoms with E-state index in [1.165, 1.54) is 7.05 Å². The molecule has 24 heavy (non-hydrogen) atoms. The number of para-hydroxylation sites is 1. The summed E-state index contributed by atoms with van der Waals surface area (Å²) >= 11 is 0. The SMILES string of the molecule is CC(C)c1ccccc1NC(=O)c1cccc(N(C)S(C)(=O)=O)c1. The summed E-state index contributed by atoms with van der Waals surface area (Å²) in [6.07, 6.45) is 1.12. The maximum atomic E-state index is 12.5. The molecule has 0 aliphatic rings. The van der Waals surface area contributed by atoms with Gasteiger partial charge in [0.2, 0.25) is 10.0 Å². The monoisotopic (exact) mass is 346 g/mol. The van der Waals surface area contributed by atoms with E-state index in [0.717, 1.165) is 21.8 Å². The summed E-state index contributed by atoms with van der Waals surface area (Å²) in [6, 6.07) is 14.2. The van der Waals surface area contributed by atoms with Gasteiger partial charge in [0.05, 0.1) is 11.9 Å². The van der Waals surface area contributed by atoms with Gasteiger partial charge in [0.15, 0.2) is 0 Å². The zero-order valence-corrected chi connectivity index (χ0v) is 15.1. The first kappa shape index (κ1) is 18.0. The highest BCUT2D eigenvalue weighted by atomic mass is 32.2. The van der Waals surface area contributed by atoms with E-state index in [-0.39, 0.29) is 11.8 Å². The van der Waals surface area contributed by atoms with Gasteiger partial charge in [-0.3, -0.25) is 9.10 Å². The molecule has 0 unspecified atom stereocenters. The van der Waals surface area contributed by atoms with Crippen molar-refractivity contribution in [3.63, 3.8) is 0 Å². The molecule has 0 spiro atoms. The van der Waals surface area contributed by atoms with Gasteiger partial charge in [-0.25, -0.2) is 8.42 Å². The number of hydrogen-bond donors (Lipinski definition) is 1. The molecule has 0 fully saturated rings. The molecule has 128 valence electrons. The van der Waals surface area contributed by atoms with Crippen molar-refractivity contribution in [3.05, 3.63) is 59.7 Å². The molecule has 1 amide bonds. The number of nitrogens with one attached hydrogen (secondary N) is 1. The third kappa shape index (κ3) is 4.14. The lowest BCUT2D eigenvalue weighted by molar-refractivity contribution is 0.102. The highest BCUT2D eigenvalue weighted by molar-refractivity contribution is 7.92. The fourth-order valence-electron chi connectivity index (χ4n) is 2.34. The number of benzene rings is 2. The van der Waals surface area contributed by atoms with E-state index in [0.29, 0.717) is 11.3 Å². The zero-order valence-electron chi connectivity index (χ0n) is 14.3. The first-order valence-electron chi connectivity index (χ1n) is 7.64. The molecular weight excluding hydrogens is 324 g/mol. The molecule has 0 atom stereocenters. The average Bonchev–Trinajstić information content (AvgIpc) is 2.53. The van der Waals surface area contributed by atoms with E-state index in [1.807, 2.05) is 24.3 Å². The number of hydrogen-bond acceptors (Lipinski definition) is 3. The minimum absolute atomic E-state index is 0.271. The Labute approximate surface area is 143 Å². The number of carbonyl (C=O) groups excluding carboxylic acids is 1. The smallest absolute Gasteiger partial charge is 0.255 e. The second-order valence-corrected chi connectivity index (χ2v) is 7.99. The number of carbonyl (C=O) groups is 1. The van der Waals surface area contributed by atoms with E-state index >= 15 is 0 Å². The van der Waals surface area contributed by atoms with E-state index in [9.17, 15) is 13.2 Å². The van der Waals surface area contributed by atoms with Crippen LogP contribution in [0.5, 0.6) is 0 Å². The van der Waals surface area contributed by atoms with E-state index in [4.69, 9.17) is 0 Å². The Morgan fingerprint density at radius 2 is 1.75 bits per heavy atom. The molecule has 6 heteroatoms. The predicted molar refractivity (Wildman–Crippen MR) is 98.2 cm³/mol. The maximum Gasteiger partial charge on any atom is 0.255 e. The normalized spacial score (nSPS) is 11.4. The third-order valence-corrected chi connectivity index (χ3v) is 5.01. The summed E-state index contributed by atoms with van der Waals surface area (Å²) in [6.45, 7) is 4.12. The van der Waals surface area contributed by atoms with Crippen molar-refractivity contribution in [1.82, 2.24) is 0 Å². The summed E-state index contributed by atoms with van der Waals surface area (Å²) in [4.78, 5) is 12.5. The van der Waals surface area contributed by atoms with E-state index < -0.39 is 10.0 Å². The van der Waals surface area contributed by atoms with E-state index in [2.05, 4.69) is 19.2 Å². The summed E-state index contributed by atoms with van der Waals surface area (Å²) in [5, 5.41) is 2.91. The fourth-order valence-corrected chi connectivity index (χ4v) is 2.84. The van der Waals surface area contributed by atoms with Gasteiger partial charge in [0.25, 0.3) is 5.91 Å². The fraction of sp³-hybridized carbons (Fsp3) is 0.278. The minimum atomic E-state index is -3.37. The van der Waals surface area contributed by atoms with Crippen molar-refractivity contribution in [2.45, 2.75) is 19.8 Å². The van der Waals surface area contributed by atoms with Crippen LogP contribution in [0.1, 0.15) is 35.7 Å². The third-order valence-electron chi connectivity index (χ3n) is 3.80. The Hall–Kier alpha value is -2.34. The van der Waals surface area contributed by atoms with Crippen molar-refractivity contribution in [2.24, 2.45) is 0 Å². The van der Waals surface area contributed by atoms with Gasteiger partial charge in [-0.2, -0.15) is 0 Å². The Balaban J connectivity index is 2.29. The summed E-state index contributed by atoms with van der Waals surface area (Å²) < 4.78 is 24.4. The van der Waals surface area contributed by atoms with Crippen LogP contribution in [0.2, 0.25) is 0 Å². The van der Waals surface area contributed by atoms with Crippen LogP contribution in [-0.4, -0.2) is 27.6 Å². The molecule has 0 radical (unpaired) electrons. The van der Waals surface area contributed by atoms with Gasteiger partial charge < -0.3 is 5.32 Å². The molecule has 2 rings (SSSR count). The van der Waals surface area contributed by atoms with Crippen LogP contribution in [0.15, 0.2) is 48.5 Å². The largest absolute Gasteiger partial charge is 0.322 e. The Kier molecular flexibility index (Phi) is 5.29. The van der Waals surface area contributed by atoms with Crippen LogP contribution in [0.3, 0.4) is 0 Å². The quantitative estimate of drug-likeness (QED) is 0.901. The topological polar surface area (TPSA) is 66.5 Å². The van der Waals surface area contributed by atoms with Crippen LogP contribution in [0.4, 0.5) is 11.4 Å². The summed E-state index contributed by atoms with van der Waals surface area (Å²) in [7, 11) is -1.91. The molecule has 0 heterocycles. The van der Waals surface area contributed by atoms with Crippen molar-refractivity contribution < 1.29 is 13.2 Å².